The Bertz CT molecular complexity index is 406. The van der Waals surface area contributed by atoms with E-state index in [4.69, 9.17) is 16.3 Å². The van der Waals surface area contributed by atoms with Crippen LogP contribution in [0.5, 0.6) is 5.75 Å². The van der Waals surface area contributed by atoms with Gasteiger partial charge in [-0.2, -0.15) is 0 Å². The highest BCUT2D eigenvalue weighted by atomic mass is 35.5. The van der Waals surface area contributed by atoms with Gasteiger partial charge < -0.3 is 10.1 Å². The average Bonchev–Trinajstić information content (AvgIpc) is 2.42. The van der Waals surface area contributed by atoms with E-state index < -0.39 is 0 Å². The van der Waals surface area contributed by atoms with Gasteiger partial charge in [0.05, 0.1) is 7.11 Å². The number of halogens is 1. The second kappa shape index (κ2) is 8.53. The third kappa shape index (κ3) is 4.99. The molecular weight excluding hydrogens is 270 g/mol. The lowest BCUT2D eigenvalue weighted by molar-refractivity contribution is 0.285. The summed E-state index contributed by atoms with van der Waals surface area (Å²) in [6, 6.07) is 6.35. The molecule has 0 fully saturated rings. The van der Waals surface area contributed by atoms with Crippen LogP contribution in [-0.2, 0) is 6.42 Å². The van der Waals surface area contributed by atoms with E-state index in [-0.39, 0.29) is 0 Å². The molecule has 2 unspecified atom stereocenters. The molecule has 0 spiro atoms. The minimum absolute atomic E-state index is 0.485. The maximum absolute atomic E-state index is 6.13. The molecule has 0 amide bonds. The second-order valence-corrected chi connectivity index (χ2v) is 6.25. The van der Waals surface area contributed by atoms with Crippen molar-refractivity contribution in [2.75, 3.05) is 13.7 Å². The van der Waals surface area contributed by atoms with Crippen molar-refractivity contribution in [1.29, 1.82) is 0 Å². The van der Waals surface area contributed by atoms with E-state index in [1.165, 1.54) is 5.56 Å². The van der Waals surface area contributed by atoms with Gasteiger partial charge in [0.1, 0.15) is 5.75 Å². The zero-order chi connectivity index (χ0) is 15.1. The molecular formula is C17H28ClNO. The first-order valence-electron chi connectivity index (χ1n) is 7.55. The lowest BCUT2D eigenvalue weighted by Gasteiger charge is -2.29. The highest BCUT2D eigenvalue weighted by Crippen LogP contribution is 2.29. The van der Waals surface area contributed by atoms with Crippen molar-refractivity contribution in [2.45, 2.75) is 46.6 Å². The molecule has 3 heteroatoms. The molecule has 0 aliphatic heterocycles. The van der Waals surface area contributed by atoms with Crippen molar-refractivity contribution < 1.29 is 4.74 Å². The fourth-order valence-corrected chi connectivity index (χ4v) is 2.87. The molecule has 1 aromatic carbocycles. The van der Waals surface area contributed by atoms with Crippen molar-refractivity contribution in [3.63, 3.8) is 0 Å². The summed E-state index contributed by atoms with van der Waals surface area (Å²) < 4.78 is 5.46. The monoisotopic (exact) mass is 297 g/mol. The molecule has 0 bridgehead atoms. The first-order valence-corrected chi connectivity index (χ1v) is 7.93. The molecule has 0 radical (unpaired) electrons. The molecule has 0 saturated heterocycles. The number of methoxy groups -OCH3 is 1. The summed E-state index contributed by atoms with van der Waals surface area (Å²) in [7, 11) is 1.72. The molecule has 1 rings (SSSR count). The number of ether oxygens (including phenoxy) is 1. The topological polar surface area (TPSA) is 21.3 Å². The molecule has 1 N–H and O–H groups in total. The second-order valence-electron chi connectivity index (χ2n) is 5.81. The maximum Gasteiger partial charge on any atom is 0.122 e. The summed E-state index contributed by atoms with van der Waals surface area (Å²) >= 11 is 6.13. The summed E-state index contributed by atoms with van der Waals surface area (Å²) in [5, 5.41) is 4.39. The zero-order valence-electron chi connectivity index (χ0n) is 13.4. The van der Waals surface area contributed by atoms with Crippen molar-refractivity contribution in [2.24, 2.45) is 11.8 Å². The minimum Gasteiger partial charge on any atom is -0.496 e. The molecule has 0 heterocycles. The number of benzene rings is 1. The van der Waals surface area contributed by atoms with Gasteiger partial charge in [0, 0.05) is 11.1 Å². The predicted molar refractivity (Wildman–Crippen MR) is 87.8 cm³/mol. The van der Waals surface area contributed by atoms with Crippen LogP contribution in [0, 0.1) is 11.8 Å². The molecule has 1 aromatic rings. The van der Waals surface area contributed by atoms with Crippen LogP contribution in [-0.4, -0.2) is 19.7 Å². The fourth-order valence-electron chi connectivity index (χ4n) is 2.67. The molecule has 0 saturated carbocycles. The third-order valence-electron chi connectivity index (χ3n) is 3.91. The Morgan fingerprint density at radius 1 is 1.25 bits per heavy atom. The van der Waals surface area contributed by atoms with Crippen LogP contribution >= 0.6 is 11.6 Å². The highest BCUT2D eigenvalue weighted by molar-refractivity contribution is 6.30. The van der Waals surface area contributed by atoms with Gasteiger partial charge in [-0.25, -0.2) is 0 Å². The van der Waals surface area contributed by atoms with E-state index in [2.05, 4.69) is 33.0 Å². The van der Waals surface area contributed by atoms with Gasteiger partial charge in [0.2, 0.25) is 0 Å². The van der Waals surface area contributed by atoms with Crippen LogP contribution in [0.1, 0.15) is 39.7 Å². The lowest BCUT2D eigenvalue weighted by Crippen LogP contribution is -2.37. The Balaban J connectivity index is 2.87. The van der Waals surface area contributed by atoms with E-state index in [0.717, 1.165) is 30.2 Å². The Kier molecular flexibility index (Phi) is 7.39. The highest BCUT2D eigenvalue weighted by Gasteiger charge is 2.22. The first kappa shape index (κ1) is 17.3. The van der Waals surface area contributed by atoms with Crippen LogP contribution in [0.3, 0.4) is 0 Å². The third-order valence-corrected chi connectivity index (χ3v) is 4.15. The molecule has 114 valence electrons. The molecule has 2 nitrogen and oxygen atoms in total. The number of hydrogen-bond acceptors (Lipinski definition) is 2. The van der Waals surface area contributed by atoms with E-state index in [1.54, 1.807) is 7.11 Å². The van der Waals surface area contributed by atoms with Crippen LogP contribution < -0.4 is 10.1 Å². The summed E-state index contributed by atoms with van der Waals surface area (Å²) in [5.41, 5.74) is 1.20. The van der Waals surface area contributed by atoms with Crippen LogP contribution in [0.4, 0.5) is 0 Å². The van der Waals surface area contributed by atoms with Gasteiger partial charge in [0.15, 0.2) is 0 Å². The summed E-state index contributed by atoms with van der Waals surface area (Å²) in [4.78, 5) is 0. The quantitative estimate of drug-likeness (QED) is 0.760. The van der Waals surface area contributed by atoms with Crippen molar-refractivity contribution in [3.05, 3.63) is 28.8 Å². The Morgan fingerprint density at radius 3 is 2.50 bits per heavy atom. The first-order chi connectivity index (χ1) is 9.49. The number of nitrogens with one attached hydrogen (secondary N) is 1. The Labute approximate surface area is 128 Å². The van der Waals surface area contributed by atoms with Crippen LogP contribution in [0.2, 0.25) is 5.02 Å². The lowest BCUT2D eigenvalue weighted by atomic mass is 9.83. The molecule has 20 heavy (non-hydrogen) atoms. The molecule has 0 aliphatic carbocycles. The smallest absolute Gasteiger partial charge is 0.122 e. The van der Waals surface area contributed by atoms with E-state index in [1.807, 2.05) is 18.2 Å². The summed E-state index contributed by atoms with van der Waals surface area (Å²) in [5.74, 6) is 2.11. The van der Waals surface area contributed by atoms with Crippen molar-refractivity contribution in [1.82, 2.24) is 5.32 Å². The molecule has 0 aromatic heterocycles. The summed E-state index contributed by atoms with van der Waals surface area (Å²) in [6.07, 6.45) is 2.15. The molecule has 2 atom stereocenters. The van der Waals surface area contributed by atoms with Gasteiger partial charge in [-0.05, 0) is 61.9 Å². The normalized spacial score (nSPS) is 14.3. The molecule has 0 aliphatic rings. The van der Waals surface area contributed by atoms with E-state index >= 15 is 0 Å². The van der Waals surface area contributed by atoms with Gasteiger partial charge >= 0.3 is 0 Å². The van der Waals surface area contributed by atoms with E-state index in [9.17, 15) is 0 Å². The van der Waals surface area contributed by atoms with Crippen LogP contribution in [0.15, 0.2) is 18.2 Å². The predicted octanol–water partition coefficient (Wildman–Crippen LogP) is 4.55. The van der Waals surface area contributed by atoms with Gasteiger partial charge in [-0.15, -0.1) is 0 Å². The SMILES string of the molecule is CCCNC(C)C(Cc1cc(Cl)ccc1OC)C(C)C. The largest absolute Gasteiger partial charge is 0.496 e. The van der Waals surface area contributed by atoms with Crippen molar-refractivity contribution in [3.8, 4) is 5.75 Å². The van der Waals surface area contributed by atoms with Gasteiger partial charge in [-0.1, -0.05) is 32.4 Å². The maximum atomic E-state index is 6.13. The van der Waals surface area contributed by atoms with Gasteiger partial charge in [0.25, 0.3) is 0 Å². The van der Waals surface area contributed by atoms with E-state index in [0.29, 0.717) is 17.9 Å². The zero-order valence-corrected chi connectivity index (χ0v) is 14.1. The van der Waals surface area contributed by atoms with Crippen LogP contribution in [0.25, 0.3) is 0 Å². The Hall–Kier alpha value is -0.730. The standard InChI is InChI=1S/C17H28ClNO/c1-6-9-19-13(4)16(12(2)3)11-14-10-15(18)7-8-17(14)20-5/h7-8,10,12-13,16,19H,6,9,11H2,1-5H3. The fraction of sp³-hybridized carbons (Fsp3) is 0.647. The van der Waals surface area contributed by atoms with Gasteiger partial charge in [-0.3, -0.25) is 0 Å². The number of rotatable bonds is 8. The van der Waals surface area contributed by atoms with Crippen molar-refractivity contribution >= 4 is 11.6 Å². The summed E-state index contributed by atoms with van der Waals surface area (Å²) in [6.45, 7) is 10.1. The minimum atomic E-state index is 0.485. The number of hydrogen-bond donors (Lipinski definition) is 1. The Morgan fingerprint density at radius 2 is 1.95 bits per heavy atom. The average molecular weight is 298 g/mol.